The lowest BCUT2D eigenvalue weighted by molar-refractivity contribution is -0.116. The van der Waals surface area contributed by atoms with Crippen molar-refractivity contribution in [3.05, 3.63) is 65.4 Å². The van der Waals surface area contributed by atoms with E-state index in [9.17, 15) is 4.79 Å². The van der Waals surface area contributed by atoms with Gasteiger partial charge in [-0.3, -0.25) is 4.79 Å². The van der Waals surface area contributed by atoms with Gasteiger partial charge in [-0.2, -0.15) is 0 Å². The molecule has 3 rings (SSSR count). The van der Waals surface area contributed by atoms with Crippen LogP contribution < -0.4 is 5.32 Å². The van der Waals surface area contributed by atoms with Crippen molar-refractivity contribution in [2.45, 2.75) is 26.7 Å². The molecule has 1 aromatic heterocycles. The molecule has 0 saturated heterocycles. The highest BCUT2D eigenvalue weighted by Crippen LogP contribution is 2.20. The molecule has 22 heavy (non-hydrogen) atoms. The highest BCUT2D eigenvalue weighted by Gasteiger charge is 2.08. The van der Waals surface area contributed by atoms with Crippen molar-refractivity contribution >= 4 is 22.5 Å². The summed E-state index contributed by atoms with van der Waals surface area (Å²) < 4.78 is 0. The molecule has 3 nitrogen and oxygen atoms in total. The molecular formula is C19H20N2O. The SMILES string of the molecule is Cc1ccc(NC(=O)CCc2c[nH]c3ccccc23)c(C)c1. The largest absolute Gasteiger partial charge is 0.361 e. The topological polar surface area (TPSA) is 44.9 Å². The van der Waals surface area contributed by atoms with E-state index in [1.807, 2.05) is 37.4 Å². The molecule has 0 radical (unpaired) electrons. The Morgan fingerprint density at radius 3 is 2.77 bits per heavy atom. The molecule has 0 unspecified atom stereocenters. The van der Waals surface area contributed by atoms with E-state index in [0.29, 0.717) is 6.42 Å². The van der Waals surface area contributed by atoms with Crippen molar-refractivity contribution in [2.24, 2.45) is 0 Å². The number of aromatic nitrogens is 1. The minimum absolute atomic E-state index is 0.0530. The zero-order chi connectivity index (χ0) is 15.5. The molecule has 1 amide bonds. The molecule has 2 aromatic carbocycles. The van der Waals surface area contributed by atoms with E-state index in [-0.39, 0.29) is 5.91 Å². The maximum atomic E-state index is 12.2. The fourth-order valence-electron chi connectivity index (χ4n) is 2.75. The van der Waals surface area contributed by atoms with Crippen LogP contribution in [0, 0.1) is 13.8 Å². The summed E-state index contributed by atoms with van der Waals surface area (Å²) in [7, 11) is 0. The summed E-state index contributed by atoms with van der Waals surface area (Å²) in [6, 6.07) is 14.2. The molecule has 3 aromatic rings. The number of hydrogen-bond acceptors (Lipinski definition) is 1. The number of para-hydroxylation sites is 1. The van der Waals surface area contributed by atoms with Crippen LogP contribution in [0.2, 0.25) is 0 Å². The average molecular weight is 292 g/mol. The Balaban J connectivity index is 1.65. The van der Waals surface area contributed by atoms with Crippen molar-refractivity contribution in [3.63, 3.8) is 0 Å². The van der Waals surface area contributed by atoms with Gasteiger partial charge in [0.05, 0.1) is 0 Å². The molecule has 1 heterocycles. The van der Waals surface area contributed by atoms with Crippen LogP contribution in [0.4, 0.5) is 5.69 Å². The Morgan fingerprint density at radius 2 is 1.95 bits per heavy atom. The predicted octanol–water partition coefficient (Wildman–Crippen LogP) is 4.36. The van der Waals surface area contributed by atoms with Gasteiger partial charge < -0.3 is 10.3 Å². The second kappa shape index (κ2) is 6.06. The summed E-state index contributed by atoms with van der Waals surface area (Å²) in [6.07, 6.45) is 3.21. The number of nitrogens with one attached hydrogen (secondary N) is 2. The number of carbonyl (C=O) groups excluding carboxylic acids is 1. The zero-order valence-electron chi connectivity index (χ0n) is 12.9. The molecule has 2 N–H and O–H groups in total. The summed E-state index contributed by atoms with van der Waals surface area (Å²) in [6.45, 7) is 4.07. The van der Waals surface area contributed by atoms with Crippen LogP contribution in [0.15, 0.2) is 48.7 Å². The van der Waals surface area contributed by atoms with Crippen LogP contribution in [0.3, 0.4) is 0 Å². The number of rotatable bonds is 4. The van der Waals surface area contributed by atoms with E-state index >= 15 is 0 Å². The van der Waals surface area contributed by atoms with Crippen LogP contribution in [0.1, 0.15) is 23.1 Å². The molecule has 0 spiro atoms. The second-order valence-corrected chi connectivity index (χ2v) is 5.73. The van der Waals surface area contributed by atoms with Crippen molar-refractivity contribution in [3.8, 4) is 0 Å². The number of fused-ring (bicyclic) bond motifs is 1. The zero-order valence-corrected chi connectivity index (χ0v) is 12.9. The lowest BCUT2D eigenvalue weighted by Crippen LogP contribution is -2.13. The first-order chi connectivity index (χ1) is 10.6. The molecular weight excluding hydrogens is 272 g/mol. The van der Waals surface area contributed by atoms with Crippen molar-refractivity contribution in [2.75, 3.05) is 5.32 Å². The molecule has 0 bridgehead atoms. The Bertz CT molecular complexity index is 817. The number of hydrogen-bond donors (Lipinski definition) is 2. The summed E-state index contributed by atoms with van der Waals surface area (Å²) in [5.41, 5.74) is 5.50. The summed E-state index contributed by atoms with van der Waals surface area (Å²) >= 11 is 0. The van der Waals surface area contributed by atoms with E-state index in [0.717, 1.165) is 23.2 Å². The molecule has 0 aliphatic carbocycles. The summed E-state index contributed by atoms with van der Waals surface area (Å²) in [5, 5.41) is 4.19. The van der Waals surface area contributed by atoms with Gasteiger partial charge in [-0.1, -0.05) is 35.9 Å². The first kappa shape index (κ1) is 14.4. The van der Waals surface area contributed by atoms with Gasteiger partial charge in [0.15, 0.2) is 0 Å². The van der Waals surface area contributed by atoms with Gasteiger partial charge in [0.1, 0.15) is 0 Å². The van der Waals surface area contributed by atoms with Crippen LogP contribution in [-0.4, -0.2) is 10.9 Å². The van der Waals surface area contributed by atoms with E-state index < -0.39 is 0 Å². The maximum Gasteiger partial charge on any atom is 0.224 e. The van der Waals surface area contributed by atoms with E-state index in [2.05, 4.69) is 35.4 Å². The van der Waals surface area contributed by atoms with Crippen molar-refractivity contribution in [1.82, 2.24) is 4.98 Å². The first-order valence-electron chi connectivity index (χ1n) is 7.55. The highest BCUT2D eigenvalue weighted by atomic mass is 16.1. The van der Waals surface area contributed by atoms with Gasteiger partial charge in [-0.25, -0.2) is 0 Å². The summed E-state index contributed by atoms with van der Waals surface area (Å²) in [5.74, 6) is 0.0530. The number of benzene rings is 2. The summed E-state index contributed by atoms with van der Waals surface area (Å²) in [4.78, 5) is 15.4. The van der Waals surface area contributed by atoms with Gasteiger partial charge in [-0.15, -0.1) is 0 Å². The Kier molecular flexibility index (Phi) is 3.96. The number of H-pyrrole nitrogens is 1. The number of aromatic amines is 1. The number of anilines is 1. The normalized spacial score (nSPS) is 10.8. The number of aryl methyl sites for hydroxylation is 3. The Morgan fingerprint density at radius 1 is 1.14 bits per heavy atom. The quantitative estimate of drug-likeness (QED) is 0.737. The minimum atomic E-state index is 0.0530. The van der Waals surface area contributed by atoms with Gasteiger partial charge in [0, 0.05) is 29.2 Å². The van der Waals surface area contributed by atoms with E-state index in [4.69, 9.17) is 0 Å². The van der Waals surface area contributed by atoms with Crippen LogP contribution >= 0.6 is 0 Å². The molecule has 0 aliphatic heterocycles. The third-order valence-electron chi connectivity index (χ3n) is 3.95. The fraction of sp³-hybridized carbons (Fsp3) is 0.211. The fourth-order valence-corrected chi connectivity index (χ4v) is 2.75. The van der Waals surface area contributed by atoms with Crippen LogP contribution in [-0.2, 0) is 11.2 Å². The molecule has 0 atom stereocenters. The second-order valence-electron chi connectivity index (χ2n) is 5.73. The van der Waals surface area contributed by atoms with E-state index in [1.165, 1.54) is 16.5 Å². The number of carbonyl (C=O) groups is 1. The lowest BCUT2D eigenvalue weighted by atomic mass is 10.1. The van der Waals surface area contributed by atoms with Crippen LogP contribution in [0.5, 0.6) is 0 Å². The third kappa shape index (κ3) is 3.03. The predicted molar refractivity (Wildman–Crippen MR) is 91.2 cm³/mol. The third-order valence-corrected chi connectivity index (χ3v) is 3.95. The minimum Gasteiger partial charge on any atom is -0.361 e. The Labute approximate surface area is 130 Å². The monoisotopic (exact) mass is 292 g/mol. The lowest BCUT2D eigenvalue weighted by Gasteiger charge is -2.09. The smallest absolute Gasteiger partial charge is 0.224 e. The molecule has 112 valence electrons. The van der Waals surface area contributed by atoms with Crippen molar-refractivity contribution < 1.29 is 4.79 Å². The standard InChI is InChI=1S/C19H20N2O/c1-13-7-9-17(14(2)11-13)21-19(22)10-8-15-12-20-18-6-4-3-5-16(15)18/h3-7,9,11-12,20H,8,10H2,1-2H3,(H,21,22). The molecule has 0 aliphatic rings. The van der Waals surface area contributed by atoms with E-state index in [1.54, 1.807) is 0 Å². The van der Waals surface area contributed by atoms with Gasteiger partial charge >= 0.3 is 0 Å². The van der Waals surface area contributed by atoms with Gasteiger partial charge in [0.2, 0.25) is 5.91 Å². The van der Waals surface area contributed by atoms with Gasteiger partial charge in [0.25, 0.3) is 0 Å². The highest BCUT2D eigenvalue weighted by molar-refractivity contribution is 5.92. The maximum absolute atomic E-state index is 12.2. The van der Waals surface area contributed by atoms with Crippen molar-refractivity contribution in [1.29, 1.82) is 0 Å². The van der Waals surface area contributed by atoms with Crippen LogP contribution in [0.25, 0.3) is 10.9 Å². The van der Waals surface area contributed by atoms with Gasteiger partial charge in [-0.05, 0) is 43.5 Å². The number of amides is 1. The Hall–Kier alpha value is -2.55. The average Bonchev–Trinajstić information content (AvgIpc) is 2.91. The molecule has 0 fully saturated rings. The molecule has 3 heteroatoms. The first-order valence-corrected chi connectivity index (χ1v) is 7.55. The molecule has 0 saturated carbocycles.